The van der Waals surface area contributed by atoms with Crippen LogP contribution < -0.4 is 24.0 Å². The van der Waals surface area contributed by atoms with Gasteiger partial charge >= 0.3 is 24.8 Å². The van der Waals surface area contributed by atoms with E-state index >= 15 is 0 Å². The van der Waals surface area contributed by atoms with Gasteiger partial charge in [0, 0.05) is 5.56 Å². The SMILES string of the molecule is CC(C)(C)OC(=O)c1ccc(C(=O)[O-])cc1F.[Li+]. The van der Waals surface area contributed by atoms with Gasteiger partial charge in [-0.05, 0) is 32.9 Å². The summed E-state index contributed by atoms with van der Waals surface area (Å²) in [5.41, 5.74) is -1.36. The second kappa shape index (κ2) is 6.03. The Morgan fingerprint density at radius 1 is 1.28 bits per heavy atom. The van der Waals surface area contributed by atoms with Crippen LogP contribution in [0.4, 0.5) is 4.39 Å². The molecular weight excluding hydrogens is 234 g/mol. The van der Waals surface area contributed by atoms with Gasteiger partial charge in [0.05, 0.1) is 11.5 Å². The van der Waals surface area contributed by atoms with Gasteiger partial charge in [-0.2, -0.15) is 0 Å². The third-order valence-corrected chi connectivity index (χ3v) is 1.82. The van der Waals surface area contributed by atoms with E-state index in [0.29, 0.717) is 0 Å². The molecule has 0 bridgehead atoms. The summed E-state index contributed by atoms with van der Waals surface area (Å²) in [5.74, 6) is -3.28. The Morgan fingerprint density at radius 3 is 2.22 bits per heavy atom. The van der Waals surface area contributed by atoms with Crippen molar-refractivity contribution in [2.45, 2.75) is 26.4 Å². The molecule has 0 atom stereocenters. The number of carbonyl (C=O) groups is 2. The molecule has 4 nitrogen and oxygen atoms in total. The van der Waals surface area contributed by atoms with Crippen LogP contribution in [-0.2, 0) is 4.74 Å². The third-order valence-electron chi connectivity index (χ3n) is 1.82. The van der Waals surface area contributed by atoms with Crippen molar-refractivity contribution in [3.8, 4) is 0 Å². The Morgan fingerprint density at radius 2 is 1.83 bits per heavy atom. The van der Waals surface area contributed by atoms with Crippen molar-refractivity contribution in [3.05, 3.63) is 35.1 Å². The van der Waals surface area contributed by atoms with E-state index in [1.54, 1.807) is 20.8 Å². The van der Waals surface area contributed by atoms with Crippen LogP contribution in [0.5, 0.6) is 0 Å². The normalized spacial score (nSPS) is 10.4. The maximum Gasteiger partial charge on any atom is 1.00 e. The van der Waals surface area contributed by atoms with Crippen LogP contribution in [0.1, 0.15) is 41.5 Å². The molecule has 18 heavy (non-hydrogen) atoms. The molecule has 0 aliphatic heterocycles. The van der Waals surface area contributed by atoms with Crippen LogP contribution in [-0.4, -0.2) is 17.5 Å². The molecule has 0 heterocycles. The summed E-state index contributed by atoms with van der Waals surface area (Å²) in [6.07, 6.45) is 0. The summed E-state index contributed by atoms with van der Waals surface area (Å²) in [5, 5.41) is 10.5. The largest absolute Gasteiger partial charge is 1.00 e. The topological polar surface area (TPSA) is 66.4 Å². The molecule has 6 heteroatoms. The van der Waals surface area contributed by atoms with Crippen LogP contribution in [0.3, 0.4) is 0 Å². The van der Waals surface area contributed by atoms with Gasteiger partial charge in [-0.25, -0.2) is 9.18 Å². The Balaban J connectivity index is 0.00000289. The average Bonchev–Trinajstić information content (AvgIpc) is 2.14. The fraction of sp³-hybridized carbons (Fsp3) is 0.333. The van der Waals surface area contributed by atoms with E-state index in [0.717, 1.165) is 18.2 Å². The molecule has 0 aromatic heterocycles. The predicted molar refractivity (Wildman–Crippen MR) is 55.9 cm³/mol. The number of carboxylic acid groups (broad SMARTS) is 1. The molecule has 0 saturated carbocycles. The van der Waals surface area contributed by atoms with Crippen molar-refractivity contribution in [3.63, 3.8) is 0 Å². The van der Waals surface area contributed by atoms with Crippen LogP contribution in [0.25, 0.3) is 0 Å². The quantitative estimate of drug-likeness (QED) is 0.454. The molecule has 0 aliphatic carbocycles. The van der Waals surface area contributed by atoms with E-state index in [-0.39, 0.29) is 30.0 Å². The summed E-state index contributed by atoms with van der Waals surface area (Å²) in [7, 11) is 0. The third kappa shape index (κ3) is 4.51. The zero-order chi connectivity index (χ0) is 13.2. The van der Waals surface area contributed by atoms with Gasteiger partial charge in [-0.15, -0.1) is 0 Å². The number of aromatic carboxylic acids is 1. The van der Waals surface area contributed by atoms with Crippen LogP contribution >= 0.6 is 0 Å². The Labute approximate surface area is 116 Å². The maximum absolute atomic E-state index is 13.4. The van der Waals surface area contributed by atoms with E-state index in [1.807, 2.05) is 0 Å². The van der Waals surface area contributed by atoms with E-state index in [9.17, 15) is 19.1 Å². The number of carbonyl (C=O) groups excluding carboxylic acids is 2. The molecule has 0 radical (unpaired) electrons. The molecule has 0 saturated heterocycles. The van der Waals surface area contributed by atoms with Gasteiger partial charge in [-0.3, -0.25) is 0 Å². The van der Waals surface area contributed by atoms with Crippen molar-refractivity contribution in [2.75, 3.05) is 0 Å². The minimum Gasteiger partial charge on any atom is -0.545 e. The molecule has 0 fully saturated rings. The molecular formula is C12H12FLiO4. The molecule has 0 unspecified atom stereocenters. The van der Waals surface area contributed by atoms with Crippen LogP contribution in [0, 0.1) is 5.82 Å². The molecule has 1 rings (SSSR count). The molecule has 92 valence electrons. The first-order valence-corrected chi connectivity index (χ1v) is 4.95. The van der Waals surface area contributed by atoms with E-state index in [4.69, 9.17) is 4.74 Å². The van der Waals surface area contributed by atoms with E-state index in [1.165, 1.54) is 0 Å². The predicted octanol–water partition coefficient (Wildman–Crippen LogP) is -1.85. The zero-order valence-corrected chi connectivity index (χ0v) is 10.7. The number of rotatable bonds is 2. The van der Waals surface area contributed by atoms with Gasteiger partial charge in [0.25, 0.3) is 0 Å². The molecule has 0 amide bonds. The fourth-order valence-electron chi connectivity index (χ4n) is 1.14. The summed E-state index contributed by atoms with van der Waals surface area (Å²) in [6.45, 7) is 4.95. The number of ether oxygens (including phenoxy) is 1. The van der Waals surface area contributed by atoms with Crippen LogP contribution in [0.15, 0.2) is 18.2 Å². The second-order valence-corrected chi connectivity index (χ2v) is 4.48. The molecule has 0 spiro atoms. The van der Waals surface area contributed by atoms with Gasteiger partial charge in [0.15, 0.2) is 0 Å². The number of benzene rings is 1. The maximum atomic E-state index is 13.4. The Hall–Kier alpha value is -1.31. The summed E-state index contributed by atoms with van der Waals surface area (Å²) < 4.78 is 18.4. The standard InChI is InChI=1S/C12H13FO4.Li/c1-12(2,3)17-11(16)8-5-4-7(10(14)15)6-9(8)13;/h4-6H,1-3H3,(H,14,15);/q;+1/p-1. The van der Waals surface area contributed by atoms with Gasteiger partial charge in [0.1, 0.15) is 11.4 Å². The second-order valence-electron chi connectivity index (χ2n) is 4.48. The van der Waals surface area contributed by atoms with Crippen molar-refractivity contribution in [1.82, 2.24) is 0 Å². The number of hydrogen-bond acceptors (Lipinski definition) is 4. The van der Waals surface area contributed by atoms with E-state index < -0.39 is 23.4 Å². The van der Waals surface area contributed by atoms with Crippen molar-refractivity contribution >= 4 is 11.9 Å². The Bertz CT molecular complexity index is 466. The number of carboxylic acids is 1. The van der Waals surface area contributed by atoms with Crippen molar-refractivity contribution < 1.29 is 42.7 Å². The summed E-state index contributed by atoms with van der Waals surface area (Å²) in [4.78, 5) is 22.0. The average molecular weight is 246 g/mol. The summed E-state index contributed by atoms with van der Waals surface area (Å²) >= 11 is 0. The zero-order valence-electron chi connectivity index (χ0n) is 10.7. The van der Waals surface area contributed by atoms with Gasteiger partial charge in [0.2, 0.25) is 0 Å². The molecule has 1 aromatic rings. The Kier molecular flexibility index (Phi) is 5.59. The number of esters is 1. The smallest absolute Gasteiger partial charge is 0.545 e. The molecule has 0 N–H and O–H groups in total. The van der Waals surface area contributed by atoms with Crippen LogP contribution in [0.2, 0.25) is 0 Å². The van der Waals surface area contributed by atoms with Crippen molar-refractivity contribution in [1.29, 1.82) is 0 Å². The van der Waals surface area contributed by atoms with Crippen molar-refractivity contribution in [2.24, 2.45) is 0 Å². The molecule has 0 aliphatic rings. The number of hydrogen-bond donors (Lipinski definition) is 0. The fourth-order valence-corrected chi connectivity index (χ4v) is 1.14. The summed E-state index contributed by atoms with van der Waals surface area (Å²) in [6, 6.07) is 2.89. The monoisotopic (exact) mass is 246 g/mol. The molecule has 1 aromatic carbocycles. The first-order chi connectivity index (χ1) is 7.70. The first kappa shape index (κ1) is 16.7. The van der Waals surface area contributed by atoms with Gasteiger partial charge < -0.3 is 14.6 Å². The minimum absolute atomic E-state index is 0. The first-order valence-electron chi connectivity index (χ1n) is 4.95. The number of halogens is 1. The van der Waals surface area contributed by atoms with E-state index in [2.05, 4.69) is 0 Å². The van der Waals surface area contributed by atoms with Gasteiger partial charge in [-0.1, -0.05) is 6.07 Å². The minimum atomic E-state index is -1.50.